The maximum absolute atomic E-state index is 6.20. The SMILES string of the molecule is Cc1cccc2sc(Nc3ncnc(NCCC(C)C)c3N)nc12. The van der Waals surface area contributed by atoms with E-state index in [0.717, 1.165) is 33.9 Å². The van der Waals surface area contributed by atoms with Gasteiger partial charge in [0, 0.05) is 6.54 Å². The minimum absolute atomic E-state index is 0.511. The van der Waals surface area contributed by atoms with Crippen LogP contribution in [0, 0.1) is 12.8 Å². The summed E-state index contributed by atoms with van der Waals surface area (Å²) in [5.74, 6) is 1.86. The summed E-state index contributed by atoms with van der Waals surface area (Å²) < 4.78 is 1.14. The van der Waals surface area contributed by atoms with Crippen molar-refractivity contribution in [3.63, 3.8) is 0 Å². The summed E-state index contributed by atoms with van der Waals surface area (Å²) >= 11 is 1.58. The molecule has 0 radical (unpaired) electrons. The van der Waals surface area contributed by atoms with Crippen LogP contribution in [0.5, 0.6) is 0 Å². The molecule has 0 fully saturated rings. The molecule has 4 N–H and O–H groups in total. The van der Waals surface area contributed by atoms with E-state index < -0.39 is 0 Å². The average Bonchev–Trinajstić information content (AvgIpc) is 2.95. The van der Waals surface area contributed by atoms with Crippen LogP contribution < -0.4 is 16.4 Å². The lowest BCUT2D eigenvalue weighted by molar-refractivity contribution is 0.606. The van der Waals surface area contributed by atoms with Gasteiger partial charge in [0.1, 0.15) is 12.0 Å². The van der Waals surface area contributed by atoms with Crippen molar-refractivity contribution in [2.75, 3.05) is 22.9 Å². The standard InChI is InChI=1S/C17H22N6S/c1-10(2)7-8-19-15-13(18)16(21-9-20-15)23-17-22-14-11(3)5-4-6-12(14)24-17/h4-6,9-10H,7-8,18H2,1-3H3,(H2,19,20,21,22,23). The highest BCUT2D eigenvalue weighted by Gasteiger charge is 2.11. The zero-order valence-electron chi connectivity index (χ0n) is 14.1. The first-order valence-corrected chi connectivity index (χ1v) is 8.83. The molecule has 0 saturated carbocycles. The fraction of sp³-hybridized carbons (Fsp3) is 0.353. The number of rotatable bonds is 6. The van der Waals surface area contributed by atoms with Crippen LogP contribution in [-0.2, 0) is 0 Å². The van der Waals surface area contributed by atoms with Crippen molar-refractivity contribution in [2.45, 2.75) is 27.2 Å². The summed E-state index contributed by atoms with van der Waals surface area (Å²) in [6.07, 6.45) is 2.57. The Kier molecular flexibility index (Phi) is 4.80. The first-order chi connectivity index (χ1) is 11.5. The molecule has 6 nitrogen and oxygen atoms in total. The van der Waals surface area contributed by atoms with Gasteiger partial charge in [0.25, 0.3) is 0 Å². The molecule has 0 aliphatic heterocycles. The lowest BCUT2D eigenvalue weighted by atomic mass is 10.1. The van der Waals surface area contributed by atoms with Crippen molar-refractivity contribution in [1.82, 2.24) is 15.0 Å². The van der Waals surface area contributed by atoms with Gasteiger partial charge in [0.05, 0.1) is 10.2 Å². The number of nitrogens with zero attached hydrogens (tertiary/aromatic N) is 3. The van der Waals surface area contributed by atoms with E-state index in [4.69, 9.17) is 5.73 Å². The molecular formula is C17H22N6S. The Morgan fingerprint density at radius 2 is 2.00 bits per heavy atom. The summed E-state index contributed by atoms with van der Waals surface area (Å²) in [5, 5.41) is 7.27. The molecule has 2 aromatic heterocycles. The van der Waals surface area contributed by atoms with E-state index in [1.165, 1.54) is 6.33 Å². The number of benzene rings is 1. The van der Waals surface area contributed by atoms with E-state index in [9.17, 15) is 0 Å². The molecule has 24 heavy (non-hydrogen) atoms. The first kappa shape index (κ1) is 16.4. The Morgan fingerprint density at radius 1 is 1.21 bits per heavy atom. The summed E-state index contributed by atoms with van der Waals surface area (Å²) in [6, 6.07) is 6.16. The van der Waals surface area contributed by atoms with Crippen LogP contribution in [0.1, 0.15) is 25.8 Å². The van der Waals surface area contributed by atoms with Crippen molar-refractivity contribution in [2.24, 2.45) is 5.92 Å². The van der Waals surface area contributed by atoms with Crippen LogP contribution in [-0.4, -0.2) is 21.5 Å². The minimum atomic E-state index is 0.511. The first-order valence-electron chi connectivity index (χ1n) is 8.02. The van der Waals surface area contributed by atoms with Crippen molar-refractivity contribution in [3.8, 4) is 0 Å². The lowest BCUT2D eigenvalue weighted by Crippen LogP contribution is -2.10. The van der Waals surface area contributed by atoms with Crippen LogP contribution in [0.15, 0.2) is 24.5 Å². The third-order valence-electron chi connectivity index (χ3n) is 3.74. The van der Waals surface area contributed by atoms with E-state index in [0.29, 0.717) is 23.2 Å². The van der Waals surface area contributed by atoms with Crippen LogP contribution in [0.25, 0.3) is 10.2 Å². The van der Waals surface area contributed by atoms with E-state index in [-0.39, 0.29) is 0 Å². The molecule has 1 aromatic carbocycles. The molecule has 126 valence electrons. The number of anilines is 4. The summed E-state index contributed by atoms with van der Waals surface area (Å²) in [4.78, 5) is 13.1. The van der Waals surface area contributed by atoms with Crippen molar-refractivity contribution < 1.29 is 0 Å². The monoisotopic (exact) mass is 342 g/mol. The minimum Gasteiger partial charge on any atom is -0.393 e. The van der Waals surface area contributed by atoms with E-state index >= 15 is 0 Å². The maximum atomic E-state index is 6.20. The highest BCUT2D eigenvalue weighted by atomic mass is 32.1. The molecule has 2 heterocycles. The predicted octanol–water partition coefficient (Wildman–Crippen LogP) is 4.18. The highest BCUT2D eigenvalue weighted by Crippen LogP contribution is 2.32. The van der Waals surface area contributed by atoms with E-state index in [2.05, 4.69) is 58.5 Å². The van der Waals surface area contributed by atoms with Gasteiger partial charge >= 0.3 is 0 Å². The van der Waals surface area contributed by atoms with Gasteiger partial charge in [-0.25, -0.2) is 15.0 Å². The van der Waals surface area contributed by atoms with Gasteiger partial charge < -0.3 is 16.4 Å². The molecule has 0 bridgehead atoms. The smallest absolute Gasteiger partial charge is 0.189 e. The molecule has 0 atom stereocenters. The molecule has 3 aromatic rings. The number of hydrogen-bond acceptors (Lipinski definition) is 7. The summed E-state index contributed by atoms with van der Waals surface area (Å²) in [7, 11) is 0. The number of nitrogen functional groups attached to an aromatic ring is 1. The number of nitrogens with one attached hydrogen (secondary N) is 2. The third-order valence-corrected chi connectivity index (χ3v) is 4.68. The number of aryl methyl sites for hydroxylation is 1. The fourth-order valence-corrected chi connectivity index (χ4v) is 3.30. The van der Waals surface area contributed by atoms with Crippen LogP contribution in [0.4, 0.5) is 22.5 Å². The number of fused-ring (bicyclic) bond motifs is 1. The zero-order valence-corrected chi connectivity index (χ0v) is 14.9. The van der Waals surface area contributed by atoms with E-state index in [1.54, 1.807) is 11.3 Å². The van der Waals surface area contributed by atoms with Gasteiger partial charge in [0.15, 0.2) is 16.8 Å². The van der Waals surface area contributed by atoms with Gasteiger partial charge in [-0.15, -0.1) is 0 Å². The van der Waals surface area contributed by atoms with Crippen molar-refractivity contribution in [1.29, 1.82) is 0 Å². The van der Waals surface area contributed by atoms with Crippen molar-refractivity contribution in [3.05, 3.63) is 30.1 Å². The van der Waals surface area contributed by atoms with Gasteiger partial charge in [-0.1, -0.05) is 37.3 Å². The Hall–Kier alpha value is -2.41. The van der Waals surface area contributed by atoms with Crippen LogP contribution in [0.3, 0.4) is 0 Å². The highest BCUT2D eigenvalue weighted by molar-refractivity contribution is 7.22. The van der Waals surface area contributed by atoms with Gasteiger partial charge in [-0.2, -0.15) is 0 Å². The number of aromatic nitrogens is 3. The number of hydrogen-bond donors (Lipinski definition) is 3. The summed E-state index contributed by atoms with van der Waals surface area (Å²) in [5.41, 5.74) is 8.87. The second kappa shape index (κ2) is 7.00. The molecule has 0 unspecified atom stereocenters. The second-order valence-corrected chi connectivity index (χ2v) is 7.19. The molecular weight excluding hydrogens is 320 g/mol. The molecule has 3 rings (SSSR count). The molecule has 0 saturated heterocycles. The number of para-hydroxylation sites is 1. The zero-order chi connectivity index (χ0) is 17.1. The quantitative estimate of drug-likeness (QED) is 0.623. The third kappa shape index (κ3) is 3.56. The topological polar surface area (TPSA) is 88.8 Å². The lowest BCUT2D eigenvalue weighted by Gasteiger charge is -2.12. The average molecular weight is 342 g/mol. The molecule has 7 heteroatoms. The Labute approximate surface area is 145 Å². The van der Waals surface area contributed by atoms with Gasteiger partial charge in [0.2, 0.25) is 0 Å². The van der Waals surface area contributed by atoms with E-state index in [1.807, 2.05) is 6.07 Å². The van der Waals surface area contributed by atoms with Crippen LogP contribution >= 0.6 is 11.3 Å². The Morgan fingerprint density at radius 3 is 2.75 bits per heavy atom. The Balaban J connectivity index is 1.80. The number of thiazole rings is 1. The van der Waals surface area contributed by atoms with Crippen LogP contribution in [0.2, 0.25) is 0 Å². The Bertz CT molecular complexity index is 842. The largest absolute Gasteiger partial charge is 0.393 e. The molecule has 0 amide bonds. The normalized spacial score (nSPS) is 11.2. The summed E-state index contributed by atoms with van der Waals surface area (Å²) in [6.45, 7) is 7.26. The maximum Gasteiger partial charge on any atom is 0.189 e. The predicted molar refractivity (Wildman–Crippen MR) is 102 cm³/mol. The second-order valence-electron chi connectivity index (χ2n) is 6.16. The molecule has 0 aliphatic carbocycles. The molecule has 0 spiro atoms. The van der Waals surface area contributed by atoms with Crippen molar-refractivity contribution >= 4 is 44.0 Å². The number of nitrogens with two attached hydrogens (primary N) is 1. The molecule has 0 aliphatic rings. The van der Waals surface area contributed by atoms with Gasteiger partial charge in [-0.05, 0) is 30.9 Å². The van der Waals surface area contributed by atoms with Gasteiger partial charge in [-0.3, -0.25) is 0 Å². The fourth-order valence-electron chi connectivity index (χ4n) is 2.36.